The van der Waals surface area contributed by atoms with Gasteiger partial charge in [0.15, 0.2) is 0 Å². The van der Waals surface area contributed by atoms with Crippen molar-refractivity contribution in [2.45, 2.75) is 33.2 Å². The summed E-state index contributed by atoms with van der Waals surface area (Å²) in [5.41, 5.74) is -0.0980. The molecule has 0 atom stereocenters. The average molecular weight is 158 g/mol. The molecule has 0 aromatic rings. The van der Waals surface area contributed by atoms with Gasteiger partial charge in [-0.15, -0.1) is 0 Å². The fourth-order valence-electron chi connectivity index (χ4n) is 0.574. The zero-order valence-corrected chi connectivity index (χ0v) is 8.06. The van der Waals surface area contributed by atoms with Gasteiger partial charge in [-0.05, 0) is 27.7 Å². The fourth-order valence-corrected chi connectivity index (χ4v) is 0.574. The van der Waals surface area contributed by atoms with Crippen LogP contribution in [0.5, 0.6) is 0 Å². The largest absolute Gasteiger partial charge is 0.338 e. The minimum Gasteiger partial charge on any atom is -0.338 e. The topological polar surface area (TPSA) is 32.3 Å². The zero-order valence-electron chi connectivity index (χ0n) is 8.06. The van der Waals surface area contributed by atoms with Crippen LogP contribution in [0.4, 0.5) is 4.79 Å². The number of carbonyl (C=O) groups excluding carboxylic acids is 1. The first-order valence-electron chi connectivity index (χ1n) is 3.91. The highest BCUT2D eigenvalue weighted by atomic mass is 16.2. The highest BCUT2D eigenvalue weighted by Gasteiger charge is 2.20. The lowest BCUT2D eigenvalue weighted by Gasteiger charge is -2.31. The van der Waals surface area contributed by atoms with E-state index in [1.807, 2.05) is 27.7 Å². The number of nitrogens with one attached hydrogen (secondary N) is 1. The second-order valence-electron chi connectivity index (χ2n) is 3.57. The number of amides is 2. The average Bonchev–Trinajstić information content (AvgIpc) is 1.85. The Bertz CT molecular complexity index is 138. The van der Waals surface area contributed by atoms with Crippen molar-refractivity contribution in [2.75, 3.05) is 13.6 Å². The number of carbonyl (C=O) groups is 1. The molecule has 0 aliphatic carbocycles. The predicted octanol–water partition coefficient (Wildman–Crippen LogP) is 1.45. The van der Waals surface area contributed by atoms with E-state index in [0.717, 1.165) is 0 Å². The lowest BCUT2D eigenvalue weighted by Crippen LogP contribution is -2.47. The monoisotopic (exact) mass is 158 g/mol. The Hall–Kier alpha value is -0.730. The van der Waals surface area contributed by atoms with Crippen LogP contribution in [0.3, 0.4) is 0 Å². The van der Waals surface area contributed by atoms with Crippen LogP contribution in [0.25, 0.3) is 0 Å². The summed E-state index contributed by atoms with van der Waals surface area (Å²) in [4.78, 5) is 12.9. The van der Waals surface area contributed by atoms with Crippen LogP contribution in [0.15, 0.2) is 0 Å². The Morgan fingerprint density at radius 2 is 1.91 bits per heavy atom. The molecule has 3 nitrogen and oxygen atoms in total. The van der Waals surface area contributed by atoms with Crippen molar-refractivity contribution in [2.24, 2.45) is 0 Å². The van der Waals surface area contributed by atoms with Gasteiger partial charge in [-0.25, -0.2) is 4.79 Å². The summed E-state index contributed by atoms with van der Waals surface area (Å²) >= 11 is 0. The van der Waals surface area contributed by atoms with Gasteiger partial charge in [-0.1, -0.05) is 0 Å². The standard InChI is InChI=1S/C8H18N2O/c1-6-9-7(11)10(5)8(2,3)4/h6H2,1-5H3,(H,9,11). The minimum absolute atomic E-state index is 0.0139. The maximum absolute atomic E-state index is 11.2. The summed E-state index contributed by atoms with van der Waals surface area (Å²) < 4.78 is 0. The lowest BCUT2D eigenvalue weighted by atomic mass is 10.1. The second-order valence-corrected chi connectivity index (χ2v) is 3.57. The van der Waals surface area contributed by atoms with Gasteiger partial charge in [-0.3, -0.25) is 0 Å². The maximum atomic E-state index is 11.2. The van der Waals surface area contributed by atoms with Gasteiger partial charge in [0.2, 0.25) is 0 Å². The molecule has 0 aromatic heterocycles. The number of hydrogen-bond donors (Lipinski definition) is 1. The molecule has 66 valence electrons. The Kier molecular flexibility index (Phi) is 3.36. The Labute approximate surface area is 68.8 Å². The molecular weight excluding hydrogens is 140 g/mol. The van der Waals surface area contributed by atoms with Crippen LogP contribution >= 0.6 is 0 Å². The van der Waals surface area contributed by atoms with E-state index >= 15 is 0 Å². The quantitative estimate of drug-likeness (QED) is 0.615. The SMILES string of the molecule is CCNC(=O)N(C)C(C)(C)C. The molecule has 0 aliphatic heterocycles. The molecule has 0 heterocycles. The molecule has 0 radical (unpaired) electrons. The summed E-state index contributed by atoms with van der Waals surface area (Å²) in [7, 11) is 1.80. The third-order valence-corrected chi connectivity index (χ3v) is 1.64. The first-order valence-corrected chi connectivity index (χ1v) is 3.91. The van der Waals surface area contributed by atoms with Gasteiger partial charge in [0.1, 0.15) is 0 Å². The van der Waals surface area contributed by atoms with Crippen LogP contribution in [-0.2, 0) is 0 Å². The first kappa shape index (κ1) is 10.3. The van der Waals surface area contributed by atoms with Crippen molar-refractivity contribution < 1.29 is 4.79 Å². The molecule has 11 heavy (non-hydrogen) atoms. The van der Waals surface area contributed by atoms with Crippen molar-refractivity contribution in [1.29, 1.82) is 0 Å². The highest BCUT2D eigenvalue weighted by molar-refractivity contribution is 5.74. The molecule has 0 aliphatic rings. The zero-order chi connectivity index (χ0) is 9.07. The summed E-state index contributed by atoms with van der Waals surface area (Å²) in [6.45, 7) is 8.60. The summed E-state index contributed by atoms with van der Waals surface area (Å²) in [5, 5.41) is 2.74. The fraction of sp³-hybridized carbons (Fsp3) is 0.875. The van der Waals surface area contributed by atoms with E-state index in [-0.39, 0.29) is 11.6 Å². The molecule has 0 saturated carbocycles. The smallest absolute Gasteiger partial charge is 0.317 e. The third kappa shape index (κ3) is 3.25. The molecule has 1 N–H and O–H groups in total. The molecule has 0 fully saturated rings. The molecule has 0 rings (SSSR count). The Balaban J connectivity index is 4.03. The number of nitrogens with zero attached hydrogens (tertiary/aromatic N) is 1. The molecule has 2 amide bonds. The molecule has 0 aromatic carbocycles. The third-order valence-electron chi connectivity index (χ3n) is 1.64. The van der Waals surface area contributed by atoms with E-state index < -0.39 is 0 Å². The number of urea groups is 1. The van der Waals surface area contributed by atoms with E-state index in [9.17, 15) is 4.79 Å². The number of rotatable bonds is 1. The highest BCUT2D eigenvalue weighted by Crippen LogP contribution is 2.09. The molecular formula is C8H18N2O. The molecule has 0 bridgehead atoms. The molecule has 0 saturated heterocycles. The van der Waals surface area contributed by atoms with Gasteiger partial charge in [-0.2, -0.15) is 0 Å². The van der Waals surface area contributed by atoms with Crippen LogP contribution in [0, 0.1) is 0 Å². The van der Waals surface area contributed by atoms with E-state index in [1.54, 1.807) is 11.9 Å². The first-order chi connectivity index (χ1) is 4.89. The van der Waals surface area contributed by atoms with Gasteiger partial charge >= 0.3 is 6.03 Å². The maximum Gasteiger partial charge on any atom is 0.317 e. The van der Waals surface area contributed by atoms with E-state index in [0.29, 0.717) is 6.54 Å². The van der Waals surface area contributed by atoms with Crippen molar-refractivity contribution in [3.8, 4) is 0 Å². The van der Waals surface area contributed by atoms with E-state index in [1.165, 1.54) is 0 Å². The van der Waals surface area contributed by atoms with Crippen LogP contribution in [-0.4, -0.2) is 30.1 Å². The molecule has 0 spiro atoms. The van der Waals surface area contributed by atoms with Gasteiger partial charge in [0.05, 0.1) is 0 Å². The Morgan fingerprint density at radius 1 is 1.45 bits per heavy atom. The summed E-state index contributed by atoms with van der Waals surface area (Å²) in [6.07, 6.45) is 0. The van der Waals surface area contributed by atoms with Crippen molar-refractivity contribution in [1.82, 2.24) is 10.2 Å². The minimum atomic E-state index is -0.0980. The van der Waals surface area contributed by atoms with Crippen molar-refractivity contribution >= 4 is 6.03 Å². The van der Waals surface area contributed by atoms with Gasteiger partial charge < -0.3 is 10.2 Å². The van der Waals surface area contributed by atoms with Crippen LogP contribution in [0.2, 0.25) is 0 Å². The Morgan fingerprint density at radius 3 is 2.18 bits per heavy atom. The predicted molar refractivity (Wildman–Crippen MR) is 46.6 cm³/mol. The lowest BCUT2D eigenvalue weighted by molar-refractivity contribution is 0.166. The van der Waals surface area contributed by atoms with Crippen molar-refractivity contribution in [3.05, 3.63) is 0 Å². The van der Waals surface area contributed by atoms with E-state index in [2.05, 4.69) is 5.32 Å². The number of hydrogen-bond acceptors (Lipinski definition) is 1. The second kappa shape index (κ2) is 3.60. The van der Waals surface area contributed by atoms with Crippen molar-refractivity contribution in [3.63, 3.8) is 0 Å². The van der Waals surface area contributed by atoms with Gasteiger partial charge in [0, 0.05) is 19.1 Å². The molecule has 0 unspecified atom stereocenters. The van der Waals surface area contributed by atoms with Crippen LogP contribution in [0.1, 0.15) is 27.7 Å². The summed E-state index contributed by atoms with van der Waals surface area (Å²) in [5.74, 6) is 0. The van der Waals surface area contributed by atoms with E-state index in [4.69, 9.17) is 0 Å². The molecule has 3 heteroatoms. The van der Waals surface area contributed by atoms with Gasteiger partial charge in [0.25, 0.3) is 0 Å². The summed E-state index contributed by atoms with van der Waals surface area (Å²) in [6, 6.07) is -0.0139. The van der Waals surface area contributed by atoms with Crippen LogP contribution < -0.4 is 5.32 Å². The normalized spacial score (nSPS) is 11.0.